The monoisotopic (exact) mass is 522 g/mol. The summed E-state index contributed by atoms with van der Waals surface area (Å²) < 4.78 is 10.3. The highest BCUT2D eigenvalue weighted by atomic mass is 16.6. The van der Waals surface area contributed by atoms with Crippen LogP contribution in [-0.2, 0) is 11.2 Å². The number of hydrogen-bond acceptors (Lipinski definition) is 6. The Kier molecular flexibility index (Phi) is 9.06. The standard InChI is InChI=1S/C29H35N3O6/c1-6-7-10-21-11-8-9-12-24(21)26(33)37-23-15-13-22(14-16-23)32(28(35)36)20-18-30-25(32)17-19-31(5)27(34)38-29(2,3)4/h8-9,11-16,18,20H,6-7,10,17,19H2,1-5H3/p+1. The third kappa shape index (κ3) is 6.66. The number of rotatable bonds is 9. The van der Waals surface area contributed by atoms with E-state index in [0.717, 1.165) is 24.8 Å². The molecule has 0 aliphatic carbocycles. The zero-order chi connectivity index (χ0) is 27.9. The number of hydrogen-bond donors (Lipinski definition) is 1. The fourth-order valence-corrected chi connectivity index (χ4v) is 4.07. The second-order valence-corrected chi connectivity index (χ2v) is 10.1. The number of aryl methyl sites for hydroxylation is 1. The molecule has 202 valence electrons. The predicted molar refractivity (Wildman–Crippen MR) is 146 cm³/mol. The molecule has 3 rings (SSSR count). The minimum atomic E-state index is -1.15. The summed E-state index contributed by atoms with van der Waals surface area (Å²) >= 11 is 0. The van der Waals surface area contributed by atoms with E-state index in [-0.39, 0.29) is 13.0 Å². The van der Waals surface area contributed by atoms with Crippen LogP contribution in [0.3, 0.4) is 0 Å². The lowest BCUT2D eigenvalue weighted by Gasteiger charge is -2.28. The van der Waals surface area contributed by atoms with E-state index in [1.807, 2.05) is 12.1 Å². The largest absolute Gasteiger partial charge is 0.529 e. The van der Waals surface area contributed by atoms with Gasteiger partial charge in [0.05, 0.1) is 18.2 Å². The highest BCUT2D eigenvalue weighted by Gasteiger charge is 2.46. The lowest BCUT2D eigenvalue weighted by atomic mass is 10.0. The number of carboxylic acid groups (broad SMARTS) is 1. The highest BCUT2D eigenvalue weighted by molar-refractivity contribution is 6.11. The maximum atomic E-state index is 12.9. The summed E-state index contributed by atoms with van der Waals surface area (Å²) in [6.45, 7) is 7.66. The quantitative estimate of drug-likeness (QED) is 0.233. The van der Waals surface area contributed by atoms with Gasteiger partial charge in [0.25, 0.3) is 0 Å². The minimum absolute atomic E-state index is 0.209. The first kappa shape index (κ1) is 28.6. The normalized spacial score (nSPS) is 16.6. The van der Waals surface area contributed by atoms with Crippen molar-refractivity contribution in [1.82, 2.24) is 9.38 Å². The van der Waals surface area contributed by atoms with Crippen LogP contribution in [0.15, 0.2) is 65.9 Å². The summed E-state index contributed by atoms with van der Waals surface area (Å²) in [5.41, 5.74) is 1.23. The van der Waals surface area contributed by atoms with Crippen LogP contribution in [0.2, 0.25) is 0 Å². The molecule has 38 heavy (non-hydrogen) atoms. The van der Waals surface area contributed by atoms with Gasteiger partial charge in [0, 0.05) is 25.7 Å². The Balaban J connectivity index is 1.75. The van der Waals surface area contributed by atoms with Gasteiger partial charge in [-0.1, -0.05) is 31.5 Å². The summed E-state index contributed by atoms with van der Waals surface area (Å²) in [7, 11) is 1.59. The van der Waals surface area contributed by atoms with Crippen molar-refractivity contribution in [1.29, 1.82) is 0 Å². The van der Waals surface area contributed by atoms with Gasteiger partial charge < -0.3 is 19.5 Å². The average molecular weight is 523 g/mol. The fourth-order valence-electron chi connectivity index (χ4n) is 4.07. The van der Waals surface area contributed by atoms with Crippen LogP contribution in [0.25, 0.3) is 0 Å². The Hall–Kier alpha value is -3.98. The van der Waals surface area contributed by atoms with E-state index in [9.17, 15) is 19.5 Å². The van der Waals surface area contributed by atoms with Crippen LogP contribution in [0, 0.1) is 0 Å². The molecule has 1 aliphatic rings. The number of aliphatic imine (C=N–C) groups is 1. The van der Waals surface area contributed by atoms with E-state index in [0.29, 0.717) is 22.8 Å². The number of unbranched alkanes of at least 4 members (excludes halogenated alkanes) is 1. The molecule has 2 aromatic carbocycles. The summed E-state index contributed by atoms with van der Waals surface area (Å²) in [4.78, 5) is 43.4. The van der Waals surface area contributed by atoms with Crippen LogP contribution in [0.5, 0.6) is 5.75 Å². The van der Waals surface area contributed by atoms with E-state index in [1.54, 1.807) is 64.2 Å². The average Bonchev–Trinajstić information content (AvgIpc) is 3.30. The zero-order valence-electron chi connectivity index (χ0n) is 22.6. The lowest BCUT2D eigenvalue weighted by Crippen LogP contribution is -2.52. The summed E-state index contributed by atoms with van der Waals surface area (Å²) in [6.07, 6.45) is 4.25. The molecule has 0 radical (unpaired) electrons. The van der Waals surface area contributed by atoms with Crippen LogP contribution >= 0.6 is 0 Å². The number of esters is 1. The molecule has 2 amide bonds. The molecule has 0 fully saturated rings. The Morgan fingerprint density at radius 3 is 2.34 bits per heavy atom. The molecule has 0 spiro atoms. The Morgan fingerprint density at radius 1 is 1.03 bits per heavy atom. The smallest absolute Gasteiger partial charge is 0.444 e. The van der Waals surface area contributed by atoms with Gasteiger partial charge in [-0.15, -0.1) is 4.48 Å². The molecule has 0 saturated carbocycles. The van der Waals surface area contributed by atoms with Gasteiger partial charge in [-0.2, -0.15) is 4.79 Å². The van der Waals surface area contributed by atoms with Crippen molar-refractivity contribution in [3.8, 4) is 5.75 Å². The molecule has 0 aromatic heterocycles. The van der Waals surface area contributed by atoms with Gasteiger partial charge in [-0.05, 0) is 57.4 Å². The van der Waals surface area contributed by atoms with Crippen LogP contribution in [-0.4, -0.2) is 53.2 Å². The molecule has 1 heterocycles. The van der Waals surface area contributed by atoms with Crippen LogP contribution in [0.4, 0.5) is 15.3 Å². The Labute approximate surface area is 223 Å². The number of nitrogens with zero attached hydrogens (tertiary/aromatic N) is 3. The van der Waals surface area contributed by atoms with E-state index in [1.165, 1.54) is 17.3 Å². The molecule has 1 atom stereocenters. The highest BCUT2D eigenvalue weighted by Crippen LogP contribution is 2.32. The van der Waals surface area contributed by atoms with Crippen LogP contribution in [0.1, 0.15) is 62.9 Å². The summed E-state index contributed by atoms with van der Waals surface area (Å²) in [5.74, 6) is 0.182. The van der Waals surface area contributed by atoms with E-state index >= 15 is 0 Å². The Morgan fingerprint density at radius 2 is 1.71 bits per heavy atom. The molecular weight excluding hydrogens is 486 g/mol. The first-order valence-electron chi connectivity index (χ1n) is 12.7. The van der Waals surface area contributed by atoms with Gasteiger partial charge in [0.15, 0.2) is 5.69 Å². The van der Waals surface area contributed by atoms with E-state index < -0.39 is 28.2 Å². The molecule has 9 nitrogen and oxygen atoms in total. The Bertz CT molecular complexity index is 1230. The third-order valence-corrected chi connectivity index (χ3v) is 6.09. The van der Waals surface area contributed by atoms with Gasteiger partial charge in [-0.3, -0.25) is 0 Å². The maximum absolute atomic E-state index is 12.9. The molecule has 1 aliphatic heterocycles. The van der Waals surface area contributed by atoms with Gasteiger partial charge >= 0.3 is 18.2 Å². The molecule has 1 unspecified atom stereocenters. The van der Waals surface area contributed by atoms with Gasteiger partial charge in [-0.25, -0.2) is 14.6 Å². The van der Waals surface area contributed by atoms with Crippen molar-refractivity contribution in [2.75, 3.05) is 13.6 Å². The molecule has 0 saturated heterocycles. The zero-order valence-corrected chi connectivity index (χ0v) is 22.6. The second kappa shape index (κ2) is 12.0. The molecule has 2 aromatic rings. The fraction of sp³-hybridized carbons (Fsp3) is 0.379. The van der Waals surface area contributed by atoms with Crippen molar-refractivity contribution in [3.05, 3.63) is 72.1 Å². The molecular formula is C29H36N3O6+. The number of amidine groups is 1. The van der Waals surface area contributed by atoms with Crippen molar-refractivity contribution in [2.45, 2.75) is 59.0 Å². The van der Waals surface area contributed by atoms with Crippen LogP contribution < -0.4 is 9.22 Å². The summed E-state index contributed by atoms with van der Waals surface area (Å²) in [5, 5.41) is 10.2. The third-order valence-electron chi connectivity index (χ3n) is 6.09. The molecule has 1 N–H and O–H groups in total. The van der Waals surface area contributed by atoms with Gasteiger partial charge in [0.1, 0.15) is 17.6 Å². The minimum Gasteiger partial charge on any atom is -0.444 e. The van der Waals surface area contributed by atoms with E-state index in [2.05, 4.69) is 11.9 Å². The maximum Gasteiger partial charge on any atom is 0.529 e. The number of quaternary nitrogens is 1. The van der Waals surface area contributed by atoms with Crippen molar-refractivity contribution in [2.24, 2.45) is 4.99 Å². The first-order chi connectivity index (χ1) is 18.0. The van der Waals surface area contributed by atoms with Gasteiger partial charge in [0.2, 0.25) is 5.84 Å². The van der Waals surface area contributed by atoms with E-state index in [4.69, 9.17) is 9.47 Å². The number of amides is 2. The number of ether oxygens (including phenoxy) is 2. The molecule has 9 heteroatoms. The SMILES string of the molecule is CCCCc1ccccc1C(=O)Oc1ccc([N+]2(C(=O)O)C=CN=C2CCN(C)C(=O)OC(C)(C)C)cc1. The lowest BCUT2D eigenvalue weighted by molar-refractivity contribution is 0.0302. The van der Waals surface area contributed by atoms with Crippen molar-refractivity contribution in [3.63, 3.8) is 0 Å². The summed E-state index contributed by atoms with van der Waals surface area (Å²) in [6, 6.07) is 13.7. The number of carbonyl (C=O) groups excluding carboxylic acids is 2. The van der Waals surface area contributed by atoms with Crippen molar-refractivity contribution < 1.29 is 29.0 Å². The number of benzene rings is 2. The predicted octanol–water partition coefficient (Wildman–Crippen LogP) is 6.37. The van der Waals surface area contributed by atoms with Crippen molar-refractivity contribution >= 4 is 29.7 Å². The topological polar surface area (TPSA) is 106 Å². The number of carbonyl (C=O) groups is 3. The molecule has 0 bridgehead atoms. The second-order valence-electron chi connectivity index (χ2n) is 10.1. The first-order valence-corrected chi connectivity index (χ1v) is 12.7.